The number of piperidine rings is 1. The van der Waals surface area contributed by atoms with Crippen LogP contribution < -0.4 is 15.8 Å². The summed E-state index contributed by atoms with van der Waals surface area (Å²) >= 11 is 6.29. The highest BCUT2D eigenvalue weighted by Gasteiger charge is 2.33. The summed E-state index contributed by atoms with van der Waals surface area (Å²) in [4.78, 5) is 45.5. The van der Waals surface area contributed by atoms with E-state index in [9.17, 15) is 14.4 Å². The molecule has 2 unspecified atom stereocenters. The molecule has 1 aromatic heterocycles. The molecule has 2 aromatic carbocycles. The number of fused-ring (bicyclic) bond motifs is 2. The number of rotatable bonds is 8. The fourth-order valence-electron chi connectivity index (χ4n) is 5.26. The van der Waals surface area contributed by atoms with E-state index in [1.165, 1.54) is 13.2 Å². The Hall–Kier alpha value is -3.83. The van der Waals surface area contributed by atoms with Gasteiger partial charge in [0.2, 0.25) is 5.95 Å². The van der Waals surface area contributed by atoms with E-state index in [-0.39, 0.29) is 23.7 Å². The molecule has 2 aliphatic heterocycles. The number of benzene rings is 2. The van der Waals surface area contributed by atoms with Crippen LogP contribution in [0.25, 0.3) is 11.0 Å². The molecule has 2 aliphatic rings. The second-order valence-electron chi connectivity index (χ2n) is 9.62. The first-order chi connectivity index (χ1) is 18.9. The minimum atomic E-state index is -0.619. The maximum absolute atomic E-state index is 13.3. The van der Waals surface area contributed by atoms with Crippen LogP contribution in [0.3, 0.4) is 0 Å². The lowest BCUT2D eigenvalue weighted by Gasteiger charge is -2.39. The number of anilines is 2. The van der Waals surface area contributed by atoms with Crippen molar-refractivity contribution in [2.24, 2.45) is 0 Å². The molecule has 0 bridgehead atoms. The Kier molecular flexibility index (Phi) is 7.89. The van der Waals surface area contributed by atoms with E-state index in [1.54, 1.807) is 0 Å². The Morgan fingerprint density at radius 2 is 2.21 bits per heavy atom. The average molecular weight is 556 g/mol. The van der Waals surface area contributed by atoms with Gasteiger partial charge in [-0.1, -0.05) is 17.7 Å². The van der Waals surface area contributed by atoms with E-state index in [4.69, 9.17) is 26.8 Å². The van der Waals surface area contributed by atoms with Gasteiger partial charge in [0.15, 0.2) is 0 Å². The maximum Gasteiger partial charge on any atom is 0.413 e. The summed E-state index contributed by atoms with van der Waals surface area (Å²) in [5.74, 6) is 0.241. The van der Waals surface area contributed by atoms with Crippen LogP contribution in [-0.4, -0.2) is 66.1 Å². The molecule has 2 atom stereocenters. The van der Waals surface area contributed by atoms with Gasteiger partial charge in [0.05, 0.1) is 35.5 Å². The standard InChI is InChI=1S/C27H30ClN5O6/c1-37-27(36)32-26-30-20-5-4-15(12-21(20)31-26)22-13-16(6-9-33(22)8-2-3-10-34)39-25(35)18-14-19(28)23(29)17-7-11-38-24(17)18/h4-5,10,12,14,16,22H,2-3,6-9,11,13,29H2,1H3,(H2,30,31,32,36). The largest absolute Gasteiger partial charge is 0.492 e. The minimum absolute atomic E-state index is 0.0649. The SMILES string of the molecule is COC(=O)Nc1nc2ccc(C3CC(OC(=O)c4cc(Cl)c(N)c5c4OCC5)CCN3CCCC=O)cc2[nH]1. The summed E-state index contributed by atoms with van der Waals surface area (Å²) in [6.45, 7) is 1.86. The summed E-state index contributed by atoms with van der Waals surface area (Å²) < 4.78 is 16.3. The van der Waals surface area contributed by atoms with Gasteiger partial charge < -0.3 is 29.7 Å². The molecule has 0 saturated carbocycles. The Balaban J connectivity index is 1.37. The molecule has 1 amide bonds. The number of hydrogen-bond acceptors (Lipinski definition) is 9. The molecule has 5 rings (SSSR count). The minimum Gasteiger partial charge on any atom is -0.492 e. The monoisotopic (exact) mass is 555 g/mol. The lowest BCUT2D eigenvalue weighted by molar-refractivity contribution is -0.108. The Morgan fingerprint density at radius 1 is 1.36 bits per heavy atom. The number of hydrogen-bond donors (Lipinski definition) is 3. The molecule has 1 saturated heterocycles. The molecule has 39 heavy (non-hydrogen) atoms. The lowest BCUT2D eigenvalue weighted by Crippen LogP contribution is -2.41. The topological polar surface area (TPSA) is 149 Å². The molecular formula is C27H30ClN5O6. The fraction of sp³-hybridized carbons (Fsp3) is 0.407. The number of esters is 1. The highest BCUT2D eigenvalue weighted by molar-refractivity contribution is 6.33. The van der Waals surface area contributed by atoms with Gasteiger partial charge in [-0.25, -0.2) is 14.6 Å². The summed E-state index contributed by atoms with van der Waals surface area (Å²) in [5.41, 5.74) is 9.98. The van der Waals surface area contributed by atoms with Crippen LogP contribution in [0.5, 0.6) is 5.75 Å². The fourth-order valence-corrected chi connectivity index (χ4v) is 5.48. The molecule has 0 spiro atoms. The summed E-state index contributed by atoms with van der Waals surface area (Å²) in [6, 6.07) is 7.28. The number of nitrogens with one attached hydrogen (secondary N) is 2. The van der Waals surface area contributed by atoms with E-state index < -0.39 is 12.1 Å². The van der Waals surface area contributed by atoms with E-state index in [1.807, 2.05) is 18.2 Å². The second kappa shape index (κ2) is 11.5. The predicted molar refractivity (Wildman–Crippen MR) is 145 cm³/mol. The van der Waals surface area contributed by atoms with Crippen molar-refractivity contribution >= 4 is 52.6 Å². The van der Waals surface area contributed by atoms with Gasteiger partial charge in [-0.05, 0) is 43.1 Å². The van der Waals surface area contributed by atoms with E-state index in [2.05, 4.69) is 24.9 Å². The van der Waals surface area contributed by atoms with Crippen molar-refractivity contribution in [3.63, 3.8) is 0 Å². The Morgan fingerprint density at radius 3 is 3.00 bits per heavy atom. The number of aromatic amines is 1. The van der Waals surface area contributed by atoms with Gasteiger partial charge in [0, 0.05) is 37.4 Å². The number of amides is 1. The summed E-state index contributed by atoms with van der Waals surface area (Å²) in [7, 11) is 1.28. The van der Waals surface area contributed by atoms with Crippen molar-refractivity contribution in [2.75, 3.05) is 37.9 Å². The van der Waals surface area contributed by atoms with Crippen LogP contribution in [0.2, 0.25) is 5.02 Å². The van der Waals surface area contributed by atoms with Crippen molar-refractivity contribution < 1.29 is 28.6 Å². The molecule has 4 N–H and O–H groups in total. The van der Waals surface area contributed by atoms with Crippen LogP contribution in [0, 0.1) is 0 Å². The number of methoxy groups -OCH3 is 1. The zero-order chi connectivity index (χ0) is 27.5. The first kappa shape index (κ1) is 26.8. The number of nitrogen functional groups attached to an aromatic ring is 1. The van der Waals surface area contributed by atoms with Crippen molar-refractivity contribution in [1.82, 2.24) is 14.9 Å². The van der Waals surface area contributed by atoms with E-state index >= 15 is 0 Å². The van der Waals surface area contributed by atoms with Crippen LogP contribution in [0.4, 0.5) is 16.4 Å². The van der Waals surface area contributed by atoms with Crippen LogP contribution in [-0.2, 0) is 20.7 Å². The van der Waals surface area contributed by atoms with Crippen molar-refractivity contribution in [1.29, 1.82) is 0 Å². The third-order valence-electron chi connectivity index (χ3n) is 7.19. The van der Waals surface area contributed by atoms with Gasteiger partial charge >= 0.3 is 12.1 Å². The van der Waals surface area contributed by atoms with Gasteiger partial charge in [-0.3, -0.25) is 10.2 Å². The van der Waals surface area contributed by atoms with Gasteiger partial charge in [0.1, 0.15) is 23.7 Å². The predicted octanol–water partition coefficient (Wildman–Crippen LogP) is 4.25. The third kappa shape index (κ3) is 5.64. The molecular weight excluding hydrogens is 526 g/mol. The number of carbonyl (C=O) groups excluding carboxylic acids is 3. The zero-order valence-corrected chi connectivity index (χ0v) is 22.3. The zero-order valence-electron chi connectivity index (χ0n) is 21.5. The number of nitrogens with two attached hydrogens (primary N) is 1. The molecule has 206 valence electrons. The number of H-pyrrole nitrogens is 1. The van der Waals surface area contributed by atoms with Crippen molar-refractivity contribution in [3.8, 4) is 5.75 Å². The summed E-state index contributed by atoms with van der Waals surface area (Å²) in [5, 5.41) is 2.84. The molecule has 1 fully saturated rings. The van der Waals surface area contributed by atoms with Gasteiger partial charge in [-0.2, -0.15) is 0 Å². The number of aromatic nitrogens is 2. The van der Waals surface area contributed by atoms with Crippen molar-refractivity contribution in [3.05, 3.63) is 46.0 Å². The van der Waals surface area contributed by atoms with Crippen LogP contribution >= 0.6 is 11.6 Å². The number of carbonyl (C=O) groups is 3. The number of halogens is 1. The normalized spacial score (nSPS) is 18.8. The third-order valence-corrected chi connectivity index (χ3v) is 7.51. The molecule has 3 aromatic rings. The first-order valence-electron chi connectivity index (χ1n) is 12.8. The smallest absolute Gasteiger partial charge is 0.413 e. The maximum atomic E-state index is 13.3. The highest BCUT2D eigenvalue weighted by Crippen LogP contribution is 2.40. The average Bonchev–Trinajstić information content (AvgIpc) is 3.58. The van der Waals surface area contributed by atoms with Crippen molar-refractivity contribution in [2.45, 2.75) is 44.2 Å². The number of nitrogens with zero attached hydrogens (tertiary/aromatic N) is 2. The number of ether oxygens (including phenoxy) is 3. The molecule has 3 heterocycles. The number of likely N-dealkylation sites (tertiary alicyclic amines) is 1. The van der Waals surface area contributed by atoms with Gasteiger partial charge in [0.25, 0.3) is 0 Å². The van der Waals surface area contributed by atoms with Crippen LogP contribution in [0.1, 0.15) is 53.2 Å². The highest BCUT2D eigenvalue weighted by atomic mass is 35.5. The molecule has 11 nitrogen and oxygen atoms in total. The van der Waals surface area contributed by atoms with Gasteiger partial charge in [-0.15, -0.1) is 0 Å². The first-order valence-corrected chi connectivity index (χ1v) is 13.2. The molecule has 0 radical (unpaired) electrons. The van der Waals surface area contributed by atoms with E-state index in [0.29, 0.717) is 60.8 Å². The Labute approximate surface area is 229 Å². The second-order valence-corrected chi connectivity index (χ2v) is 10.0. The Bertz CT molecular complexity index is 1410. The molecule has 0 aliphatic carbocycles. The summed E-state index contributed by atoms with van der Waals surface area (Å²) in [6.07, 6.45) is 2.98. The number of unbranched alkanes of at least 4 members (excludes halogenated alkanes) is 1. The molecule has 12 heteroatoms. The lowest BCUT2D eigenvalue weighted by atomic mass is 9.92. The van der Waals surface area contributed by atoms with E-state index in [0.717, 1.165) is 35.9 Å². The van der Waals surface area contributed by atoms with Crippen LogP contribution in [0.15, 0.2) is 24.3 Å². The quantitative estimate of drug-likeness (QED) is 0.160. The number of imidazole rings is 1. The number of aldehydes is 1.